The lowest BCUT2D eigenvalue weighted by atomic mass is 9.88. The Balaban J connectivity index is 6.16. The Morgan fingerprint density at radius 2 is 1.41 bits per heavy atom. The van der Waals surface area contributed by atoms with E-state index in [1.165, 1.54) is 18.9 Å². The third-order valence-corrected chi connectivity index (χ3v) is 22.3. The summed E-state index contributed by atoms with van der Waals surface area (Å²) >= 11 is 0. The van der Waals surface area contributed by atoms with E-state index in [0.717, 1.165) is 32.1 Å². The third-order valence-electron chi connectivity index (χ3n) is 9.72. The minimum Gasteiger partial charge on any atom is -0.456 e. The van der Waals surface area contributed by atoms with Crippen molar-refractivity contribution in [3.05, 3.63) is 12.2 Å². The molecule has 0 spiro atoms. The van der Waals surface area contributed by atoms with Gasteiger partial charge in [0.15, 0.2) is 8.32 Å². The molecular weight excluding hydrogens is 509 g/mol. The highest BCUT2D eigenvalue weighted by Gasteiger charge is 2.55. The molecule has 0 amide bonds. The lowest BCUT2D eigenvalue weighted by Gasteiger charge is -2.54. The first kappa shape index (κ1) is 36.8. The molecule has 0 fully saturated rings. The molecule has 0 aromatic heterocycles. The van der Waals surface area contributed by atoms with Crippen LogP contribution in [0.4, 0.5) is 0 Å². The first-order chi connectivity index (χ1) is 16.6. The van der Waals surface area contributed by atoms with Crippen molar-refractivity contribution in [2.45, 2.75) is 174 Å². The maximum absolute atomic E-state index is 12.5. The van der Waals surface area contributed by atoms with Crippen LogP contribution in [0.15, 0.2) is 12.2 Å². The number of ether oxygens (including phenoxy) is 1. The van der Waals surface area contributed by atoms with Gasteiger partial charge in [0, 0.05) is 11.3 Å². The zero-order valence-electron chi connectivity index (χ0n) is 27.6. The molecule has 0 N–H and O–H groups in total. The fourth-order valence-electron chi connectivity index (χ4n) is 5.51. The smallest absolute Gasteiger partial charge is 0.333 e. The molecule has 0 aromatic carbocycles. The molecule has 37 heavy (non-hydrogen) atoms. The van der Waals surface area contributed by atoms with Crippen LogP contribution in [0.2, 0.25) is 50.4 Å². The first-order valence-corrected chi connectivity index (χ1v) is 24.0. The molecule has 0 aliphatic heterocycles. The Morgan fingerprint density at radius 1 is 0.865 bits per heavy atom. The highest BCUT2D eigenvalue weighted by atomic mass is 28.4. The quantitative estimate of drug-likeness (QED) is 0.0931. The summed E-state index contributed by atoms with van der Waals surface area (Å²) < 4.78 is 20.6. The molecule has 220 valence electrons. The van der Waals surface area contributed by atoms with Crippen molar-refractivity contribution >= 4 is 30.7 Å². The van der Waals surface area contributed by atoms with E-state index in [0.29, 0.717) is 11.3 Å². The third kappa shape index (κ3) is 9.44. The lowest BCUT2D eigenvalue weighted by molar-refractivity contribution is -0.155. The van der Waals surface area contributed by atoms with E-state index in [2.05, 4.69) is 101 Å². The Bertz CT molecular complexity index is 751. The van der Waals surface area contributed by atoms with Crippen molar-refractivity contribution in [2.75, 3.05) is 0 Å². The number of carbonyl (C=O) groups excluding carboxylic acids is 1. The van der Waals surface area contributed by atoms with Crippen LogP contribution in [0.25, 0.3) is 0 Å². The molecule has 0 bridgehead atoms. The van der Waals surface area contributed by atoms with Gasteiger partial charge >= 0.3 is 5.97 Å². The first-order valence-electron chi connectivity index (χ1n) is 14.9. The monoisotopic (exact) mass is 572 g/mol. The summed E-state index contributed by atoms with van der Waals surface area (Å²) in [5.41, 5.74) is 0.260. The highest BCUT2D eigenvalue weighted by Crippen LogP contribution is 2.52. The van der Waals surface area contributed by atoms with Gasteiger partial charge in [0.2, 0.25) is 8.32 Å². The largest absolute Gasteiger partial charge is 0.456 e. The molecular formula is C30H64O4Si3. The molecule has 0 radical (unpaired) electrons. The van der Waals surface area contributed by atoms with Crippen LogP contribution in [0.1, 0.15) is 107 Å². The van der Waals surface area contributed by atoms with E-state index in [-0.39, 0.29) is 16.2 Å². The summed E-state index contributed by atoms with van der Waals surface area (Å²) in [6.07, 6.45) is 7.07. The van der Waals surface area contributed by atoms with E-state index >= 15 is 0 Å². The topological polar surface area (TPSA) is 44.8 Å². The van der Waals surface area contributed by atoms with Crippen LogP contribution in [-0.4, -0.2) is 47.2 Å². The van der Waals surface area contributed by atoms with Crippen molar-refractivity contribution in [1.82, 2.24) is 0 Å². The average Bonchev–Trinajstić information content (AvgIpc) is 2.80. The van der Waals surface area contributed by atoms with Crippen molar-refractivity contribution < 1.29 is 18.4 Å². The summed E-state index contributed by atoms with van der Waals surface area (Å²) in [5.74, 6) is -0.302. The number of hydrogen-bond donors (Lipinski definition) is 0. The normalized spacial score (nSPS) is 18.9. The van der Waals surface area contributed by atoms with Crippen LogP contribution >= 0.6 is 0 Å². The minimum atomic E-state index is -2.30. The Labute approximate surface area is 235 Å². The fraction of sp³-hybridized carbons (Fsp3) is 0.900. The minimum absolute atomic E-state index is 0.0761. The summed E-state index contributed by atoms with van der Waals surface area (Å²) in [5, 5.41) is -0.369. The van der Waals surface area contributed by atoms with Crippen LogP contribution in [0, 0.1) is 0 Å². The molecule has 0 heterocycles. The lowest BCUT2D eigenvalue weighted by Crippen LogP contribution is -2.65. The van der Waals surface area contributed by atoms with Gasteiger partial charge in [0.25, 0.3) is 0 Å². The van der Waals surface area contributed by atoms with Gasteiger partial charge in [-0.25, -0.2) is 4.79 Å². The Morgan fingerprint density at radius 3 is 1.78 bits per heavy atom. The van der Waals surface area contributed by atoms with Crippen molar-refractivity contribution in [2.24, 2.45) is 0 Å². The number of rotatable bonds is 18. The number of esters is 1. The van der Waals surface area contributed by atoms with Gasteiger partial charge in [-0.2, -0.15) is 0 Å². The molecule has 0 rings (SSSR count). The molecule has 0 aliphatic carbocycles. The summed E-state index contributed by atoms with van der Waals surface area (Å²) in [6, 6.07) is 1.32. The summed E-state index contributed by atoms with van der Waals surface area (Å²) in [6.45, 7) is 38.0. The zero-order chi connectivity index (χ0) is 29.5. The number of carbonyl (C=O) groups is 1. The summed E-state index contributed by atoms with van der Waals surface area (Å²) in [7, 11) is -6.06. The van der Waals surface area contributed by atoms with Gasteiger partial charge in [0.05, 0.1) is 13.3 Å². The Hall–Kier alpha value is -0.219. The second-order valence-corrected chi connectivity index (χ2v) is 27.7. The maximum atomic E-state index is 12.5. The van der Waals surface area contributed by atoms with Crippen molar-refractivity contribution in [3.8, 4) is 0 Å². The molecule has 0 saturated carbocycles. The summed E-state index contributed by atoms with van der Waals surface area (Å²) in [4.78, 5) is 12.5. The molecule has 4 atom stereocenters. The Kier molecular flexibility index (Phi) is 13.8. The van der Waals surface area contributed by atoms with Gasteiger partial charge in [-0.15, -0.1) is 0 Å². The van der Waals surface area contributed by atoms with E-state index in [9.17, 15) is 4.79 Å². The molecule has 3 unspecified atom stereocenters. The molecule has 4 nitrogen and oxygen atoms in total. The zero-order valence-corrected chi connectivity index (χ0v) is 30.6. The van der Waals surface area contributed by atoms with Gasteiger partial charge < -0.3 is 13.6 Å². The van der Waals surface area contributed by atoms with Crippen LogP contribution in [-0.2, 0) is 18.4 Å². The molecule has 0 saturated heterocycles. The van der Waals surface area contributed by atoms with Crippen LogP contribution in [0.3, 0.4) is 0 Å². The average molecular weight is 573 g/mol. The van der Waals surface area contributed by atoms with Crippen molar-refractivity contribution in [1.29, 1.82) is 0 Å². The second kappa shape index (κ2) is 13.9. The maximum Gasteiger partial charge on any atom is 0.333 e. The van der Waals surface area contributed by atoms with Crippen LogP contribution < -0.4 is 0 Å². The van der Waals surface area contributed by atoms with E-state index in [1.54, 1.807) is 6.92 Å². The van der Waals surface area contributed by atoms with Crippen molar-refractivity contribution in [3.63, 3.8) is 0 Å². The van der Waals surface area contributed by atoms with Gasteiger partial charge in [0.1, 0.15) is 5.60 Å². The highest BCUT2D eigenvalue weighted by molar-refractivity contribution is 6.82. The molecule has 0 aliphatic rings. The van der Waals surface area contributed by atoms with E-state index < -0.39 is 30.3 Å². The number of hydrogen-bond acceptors (Lipinski definition) is 4. The van der Waals surface area contributed by atoms with E-state index in [1.807, 2.05) is 0 Å². The fourth-order valence-corrected chi connectivity index (χ4v) is 17.3. The van der Waals surface area contributed by atoms with Gasteiger partial charge in [-0.1, -0.05) is 86.5 Å². The van der Waals surface area contributed by atoms with Crippen LogP contribution in [0.5, 0.6) is 0 Å². The van der Waals surface area contributed by atoms with Gasteiger partial charge in [-0.05, 0) is 77.7 Å². The standard InChI is InChI=1S/C30H64O4Si3/c1-17-22-23-35(11,12)26(18-2)33-37(15,16)30(10,21-5)34-36(13,14)29(9,20-4)24-28(8,19-3)32-27(31)25(6)7/h26H,6,17-24H2,1-5,7-16H3/t26?,28?,29?,30-/m0/s1. The van der Waals surface area contributed by atoms with E-state index in [4.69, 9.17) is 13.6 Å². The van der Waals surface area contributed by atoms with Gasteiger partial charge in [-0.3, -0.25) is 0 Å². The predicted octanol–water partition coefficient (Wildman–Crippen LogP) is 9.81. The molecule has 0 aromatic rings. The molecule has 7 heteroatoms. The number of unbranched alkanes of at least 4 members (excludes halogenated alkanes) is 1. The SMILES string of the molecule is C=C(C)C(=O)OC(C)(CC)CC(C)(CC)[Si](C)(C)O[C@](C)(CC)[Si](C)(C)OC(CC)[Si](C)(C)CCCC. The predicted molar refractivity (Wildman–Crippen MR) is 170 cm³/mol. The second-order valence-electron chi connectivity index (χ2n) is 13.9.